The highest BCUT2D eigenvalue weighted by Crippen LogP contribution is 2.69. The molecule has 2 saturated heterocycles. The Morgan fingerprint density at radius 2 is 1.92 bits per heavy atom. The number of piperidine rings is 1. The molecule has 0 spiro atoms. The second kappa shape index (κ2) is 2.05. The molecule has 2 aliphatic heterocycles. The molecule has 0 aromatic carbocycles. The van der Waals surface area contributed by atoms with Crippen LogP contribution < -0.4 is 5.32 Å². The molecule has 3 aliphatic rings. The number of hydrogen-bond donors (Lipinski definition) is 1. The molecule has 0 aromatic rings. The lowest BCUT2D eigenvalue weighted by molar-refractivity contribution is -0.199. The maximum absolute atomic E-state index is 12.7. The van der Waals surface area contributed by atoms with Crippen molar-refractivity contribution in [2.75, 3.05) is 0 Å². The molecule has 2 bridgehead atoms. The zero-order valence-electron chi connectivity index (χ0n) is 7.19. The van der Waals surface area contributed by atoms with Gasteiger partial charge in [0.2, 0.25) is 0 Å². The second-order valence-electron chi connectivity index (χ2n) is 4.72. The highest BCUT2D eigenvalue weighted by molar-refractivity contribution is 5.18. The maximum atomic E-state index is 12.7. The van der Waals surface area contributed by atoms with Crippen molar-refractivity contribution in [2.45, 2.75) is 43.9 Å². The van der Waals surface area contributed by atoms with Crippen LogP contribution in [0.2, 0.25) is 0 Å². The van der Waals surface area contributed by atoms with Gasteiger partial charge in [0.25, 0.3) is 0 Å². The van der Waals surface area contributed by atoms with E-state index in [2.05, 4.69) is 5.32 Å². The summed E-state index contributed by atoms with van der Waals surface area (Å²) in [6.45, 7) is 0. The van der Waals surface area contributed by atoms with Gasteiger partial charge in [0.05, 0.1) is 5.41 Å². The van der Waals surface area contributed by atoms with E-state index in [1.54, 1.807) is 0 Å². The van der Waals surface area contributed by atoms with E-state index in [-0.39, 0.29) is 18.0 Å². The molecular formula is C9H12F3N. The first-order valence-corrected chi connectivity index (χ1v) is 4.86. The van der Waals surface area contributed by atoms with Gasteiger partial charge in [-0.2, -0.15) is 13.2 Å². The van der Waals surface area contributed by atoms with Crippen molar-refractivity contribution in [1.82, 2.24) is 5.32 Å². The van der Waals surface area contributed by atoms with Gasteiger partial charge in [-0.25, -0.2) is 0 Å². The third-order valence-corrected chi connectivity index (χ3v) is 4.07. The molecule has 1 aliphatic carbocycles. The summed E-state index contributed by atoms with van der Waals surface area (Å²) in [5.74, 6) is -0.105. The van der Waals surface area contributed by atoms with Crippen LogP contribution in [0.15, 0.2) is 0 Å². The average molecular weight is 191 g/mol. The summed E-state index contributed by atoms with van der Waals surface area (Å²) < 4.78 is 38.1. The van der Waals surface area contributed by atoms with Gasteiger partial charge in [-0.1, -0.05) is 0 Å². The largest absolute Gasteiger partial charge is 0.394 e. The molecule has 13 heavy (non-hydrogen) atoms. The molecule has 0 amide bonds. The monoisotopic (exact) mass is 191 g/mol. The Kier molecular flexibility index (Phi) is 1.27. The molecule has 4 atom stereocenters. The van der Waals surface area contributed by atoms with Gasteiger partial charge >= 0.3 is 6.18 Å². The molecule has 1 N–H and O–H groups in total. The highest BCUT2D eigenvalue weighted by atomic mass is 19.4. The molecule has 4 heteroatoms. The third kappa shape index (κ3) is 0.874. The van der Waals surface area contributed by atoms with Crippen LogP contribution in [0, 0.1) is 11.3 Å². The Labute approximate surface area is 74.7 Å². The minimum absolute atomic E-state index is 0.105. The Bertz CT molecular complexity index is 250. The lowest BCUT2D eigenvalue weighted by atomic mass is 9.91. The van der Waals surface area contributed by atoms with Crippen molar-refractivity contribution in [3.63, 3.8) is 0 Å². The molecule has 0 radical (unpaired) electrons. The molecule has 1 saturated carbocycles. The normalized spacial score (nSPS) is 53.3. The standard InChI is InChI=1S/C9H12F3N/c10-9(11,12)8-3-5-1-2-7(13-5)6(8)4-8/h5-7,13H,1-4H2/t5-,6+,7+,8-/m1/s1. The SMILES string of the molecule is FC(F)(F)[C@@]12C[C@H]3CC[C@H](N3)[C@@H]1C2. The number of hydrogen-bond acceptors (Lipinski definition) is 1. The molecule has 3 rings (SSSR count). The quantitative estimate of drug-likeness (QED) is 0.618. The first kappa shape index (κ1) is 8.09. The fourth-order valence-electron chi connectivity index (χ4n) is 3.31. The lowest BCUT2D eigenvalue weighted by Gasteiger charge is -2.30. The van der Waals surface area contributed by atoms with Crippen LogP contribution in [0.5, 0.6) is 0 Å². The molecule has 0 unspecified atom stereocenters. The van der Waals surface area contributed by atoms with Gasteiger partial charge < -0.3 is 5.32 Å². The highest BCUT2D eigenvalue weighted by Gasteiger charge is 2.74. The zero-order valence-corrected chi connectivity index (χ0v) is 7.19. The summed E-state index contributed by atoms with van der Waals surface area (Å²) in [5, 5.41) is 3.28. The fraction of sp³-hybridized carbons (Fsp3) is 1.00. The Morgan fingerprint density at radius 3 is 2.62 bits per heavy atom. The molecule has 0 aromatic heterocycles. The van der Waals surface area contributed by atoms with E-state index in [1.807, 2.05) is 0 Å². The number of fused-ring (bicyclic) bond motifs is 4. The fourth-order valence-corrected chi connectivity index (χ4v) is 3.31. The van der Waals surface area contributed by atoms with Crippen molar-refractivity contribution >= 4 is 0 Å². The summed E-state index contributed by atoms with van der Waals surface area (Å²) >= 11 is 0. The number of rotatable bonds is 0. The van der Waals surface area contributed by atoms with Crippen LogP contribution in [0.4, 0.5) is 13.2 Å². The lowest BCUT2D eigenvalue weighted by Crippen LogP contribution is -2.44. The smallest absolute Gasteiger partial charge is 0.311 e. The topological polar surface area (TPSA) is 12.0 Å². The number of alkyl halides is 3. The Morgan fingerprint density at radius 1 is 1.15 bits per heavy atom. The summed E-state index contributed by atoms with van der Waals surface area (Å²) in [6.07, 6.45) is -1.35. The average Bonchev–Trinajstić information content (AvgIpc) is 2.62. The Balaban J connectivity index is 1.90. The van der Waals surface area contributed by atoms with E-state index < -0.39 is 11.6 Å². The first-order valence-electron chi connectivity index (χ1n) is 4.86. The van der Waals surface area contributed by atoms with E-state index in [0.717, 1.165) is 12.8 Å². The molecule has 2 heterocycles. The summed E-state index contributed by atoms with van der Waals surface area (Å²) in [5.41, 5.74) is -1.27. The summed E-state index contributed by atoms with van der Waals surface area (Å²) in [4.78, 5) is 0. The minimum Gasteiger partial charge on any atom is -0.311 e. The number of nitrogens with one attached hydrogen (secondary N) is 1. The van der Waals surface area contributed by atoms with Gasteiger partial charge in [0.1, 0.15) is 0 Å². The van der Waals surface area contributed by atoms with Crippen LogP contribution in [-0.4, -0.2) is 18.3 Å². The van der Waals surface area contributed by atoms with Crippen LogP contribution in [-0.2, 0) is 0 Å². The van der Waals surface area contributed by atoms with E-state index in [4.69, 9.17) is 0 Å². The molecule has 74 valence electrons. The Hall–Kier alpha value is -0.250. The summed E-state index contributed by atoms with van der Waals surface area (Å²) in [7, 11) is 0. The van der Waals surface area contributed by atoms with Crippen molar-refractivity contribution in [1.29, 1.82) is 0 Å². The predicted molar refractivity (Wildman–Crippen MR) is 41.2 cm³/mol. The first-order chi connectivity index (χ1) is 6.03. The zero-order chi connectivity index (χ0) is 9.27. The van der Waals surface area contributed by atoms with Crippen LogP contribution >= 0.6 is 0 Å². The van der Waals surface area contributed by atoms with Crippen LogP contribution in [0.1, 0.15) is 25.7 Å². The van der Waals surface area contributed by atoms with Crippen LogP contribution in [0.3, 0.4) is 0 Å². The molecular weight excluding hydrogens is 179 g/mol. The van der Waals surface area contributed by atoms with Gasteiger partial charge in [-0.3, -0.25) is 0 Å². The molecule has 1 nitrogen and oxygen atoms in total. The summed E-state index contributed by atoms with van der Waals surface area (Å²) in [6, 6.07) is 0.311. The minimum atomic E-state index is -3.96. The van der Waals surface area contributed by atoms with Crippen molar-refractivity contribution in [3.8, 4) is 0 Å². The van der Waals surface area contributed by atoms with Gasteiger partial charge in [-0.15, -0.1) is 0 Å². The predicted octanol–water partition coefficient (Wildman–Crippen LogP) is 2.08. The second-order valence-corrected chi connectivity index (χ2v) is 4.72. The van der Waals surface area contributed by atoms with Gasteiger partial charge in [0.15, 0.2) is 0 Å². The van der Waals surface area contributed by atoms with Crippen molar-refractivity contribution in [2.24, 2.45) is 11.3 Å². The maximum Gasteiger partial charge on any atom is 0.394 e. The van der Waals surface area contributed by atoms with Gasteiger partial charge in [-0.05, 0) is 31.6 Å². The van der Waals surface area contributed by atoms with E-state index >= 15 is 0 Å². The van der Waals surface area contributed by atoms with Crippen molar-refractivity contribution < 1.29 is 13.2 Å². The van der Waals surface area contributed by atoms with E-state index in [1.165, 1.54) is 0 Å². The molecule has 3 fully saturated rings. The van der Waals surface area contributed by atoms with Gasteiger partial charge in [0, 0.05) is 12.1 Å². The van der Waals surface area contributed by atoms with E-state index in [9.17, 15) is 13.2 Å². The van der Waals surface area contributed by atoms with Crippen LogP contribution in [0.25, 0.3) is 0 Å². The number of halogens is 3. The van der Waals surface area contributed by atoms with Crippen molar-refractivity contribution in [3.05, 3.63) is 0 Å². The third-order valence-electron chi connectivity index (χ3n) is 4.07. The van der Waals surface area contributed by atoms with E-state index in [0.29, 0.717) is 12.8 Å².